The van der Waals surface area contributed by atoms with Gasteiger partial charge in [0.05, 0.1) is 13.2 Å². The molecule has 0 radical (unpaired) electrons. The van der Waals surface area contributed by atoms with Crippen LogP contribution in [-0.4, -0.2) is 75.6 Å². The molecule has 1 saturated heterocycles. The van der Waals surface area contributed by atoms with Crippen molar-refractivity contribution >= 4 is 0 Å². The lowest BCUT2D eigenvalue weighted by atomic mass is 9.99. The fourth-order valence-electron chi connectivity index (χ4n) is 1.83. The summed E-state index contributed by atoms with van der Waals surface area (Å²) in [5.74, 6) is 24.7. The summed E-state index contributed by atoms with van der Waals surface area (Å²) in [6.07, 6.45) is -8.22. The Labute approximate surface area is 151 Å². The molecule has 0 bridgehead atoms. The number of rotatable bonds is 4. The Morgan fingerprint density at radius 1 is 0.846 bits per heavy atom. The minimum Gasteiger partial charge on any atom is -0.394 e. The van der Waals surface area contributed by atoms with Gasteiger partial charge in [-0.15, -0.1) is 0 Å². The molecule has 0 aromatic rings. The van der Waals surface area contributed by atoms with Gasteiger partial charge in [0.15, 0.2) is 6.29 Å². The third-order valence-electron chi connectivity index (χ3n) is 3.11. The zero-order chi connectivity index (χ0) is 19.4. The molecule has 0 spiro atoms. The predicted molar refractivity (Wildman–Crippen MR) is 90.3 cm³/mol. The second-order valence-electron chi connectivity index (χ2n) is 4.90. The van der Waals surface area contributed by atoms with Gasteiger partial charge in [0.2, 0.25) is 0 Å². The molecule has 0 aromatic heterocycles. The first-order valence-electron chi connectivity index (χ1n) is 7.54. The van der Waals surface area contributed by atoms with E-state index in [0.717, 1.165) is 0 Å². The van der Waals surface area contributed by atoms with Gasteiger partial charge >= 0.3 is 0 Å². The summed E-state index contributed by atoms with van der Waals surface area (Å²) in [5.41, 5.74) is 0. The van der Waals surface area contributed by atoms with Gasteiger partial charge in [-0.05, 0) is 54.3 Å². The third kappa shape index (κ3) is 6.79. The van der Waals surface area contributed by atoms with Crippen molar-refractivity contribution in [3.63, 3.8) is 0 Å². The molecule has 7 heteroatoms. The van der Waals surface area contributed by atoms with E-state index in [1.807, 2.05) is 0 Å². The molecule has 1 unspecified atom stereocenters. The van der Waals surface area contributed by atoms with E-state index in [1.54, 1.807) is 6.92 Å². The zero-order valence-corrected chi connectivity index (χ0v) is 13.9. The molecule has 6 atom stereocenters. The van der Waals surface area contributed by atoms with Crippen molar-refractivity contribution in [2.24, 2.45) is 0 Å². The highest BCUT2D eigenvalue weighted by Crippen LogP contribution is 2.22. The van der Waals surface area contributed by atoms with Gasteiger partial charge in [0, 0.05) is 0 Å². The summed E-state index contributed by atoms with van der Waals surface area (Å²) < 4.78 is 10.4. The molecule has 0 aliphatic carbocycles. The first-order chi connectivity index (χ1) is 12.5. The second kappa shape index (κ2) is 12.0. The van der Waals surface area contributed by atoms with E-state index >= 15 is 0 Å². The maximum absolute atomic E-state index is 9.86. The Morgan fingerprint density at radius 3 is 1.96 bits per heavy atom. The highest BCUT2D eigenvalue weighted by molar-refractivity contribution is 5.42. The van der Waals surface area contributed by atoms with Crippen molar-refractivity contribution in [2.45, 2.75) is 43.7 Å². The van der Waals surface area contributed by atoms with Crippen LogP contribution in [0.1, 0.15) is 6.92 Å². The van der Waals surface area contributed by atoms with Gasteiger partial charge in [0.1, 0.15) is 30.5 Å². The van der Waals surface area contributed by atoms with Crippen LogP contribution in [0.3, 0.4) is 0 Å². The van der Waals surface area contributed by atoms with E-state index in [4.69, 9.17) is 14.6 Å². The van der Waals surface area contributed by atoms with Gasteiger partial charge in [-0.1, -0.05) is 11.8 Å². The molecule has 1 heterocycles. The van der Waals surface area contributed by atoms with Crippen LogP contribution in [0.15, 0.2) is 0 Å². The van der Waals surface area contributed by atoms with E-state index < -0.39 is 50.0 Å². The van der Waals surface area contributed by atoms with Gasteiger partial charge in [0.25, 0.3) is 0 Å². The summed E-state index contributed by atoms with van der Waals surface area (Å²) in [7, 11) is 0. The van der Waals surface area contributed by atoms with Gasteiger partial charge < -0.3 is 35.0 Å². The fraction of sp³-hybridized carbons (Fsp3) is 0.474. The number of hydrogen-bond donors (Lipinski definition) is 5. The van der Waals surface area contributed by atoms with Crippen molar-refractivity contribution in [3.05, 3.63) is 0 Å². The van der Waals surface area contributed by atoms with Crippen LogP contribution in [0, 0.1) is 59.2 Å². The van der Waals surface area contributed by atoms with Crippen LogP contribution in [0.2, 0.25) is 0 Å². The van der Waals surface area contributed by atoms with Crippen LogP contribution < -0.4 is 0 Å². The van der Waals surface area contributed by atoms with E-state index in [-0.39, 0.29) is 0 Å². The Kier molecular flexibility index (Phi) is 9.93. The summed E-state index contributed by atoms with van der Waals surface area (Å²) in [4.78, 5) is 0. The van der Waals surface area contributed by atoms with E-state index in [9.17, 15) is 20.4 Å². The average Bonchev–Trinajstić information content (AvgIpc) is 2.65. The molecule has 26 heavy (non-hydrogen) atoms. The molecule has 0 saturated carbocycles. The monoisotopic (exact) mass is 358 g/mol. The van der Waals surface area contributed by atoms with Gasteiger partial charge in [-0.2, -0.15) is 0 Å². The lowest BCUT2D eigenvalue weighted by Gasteiger charge is -2.40. The van der Waals surface area contributed by atoms with Crippen LogP contribution in [0.5, 0.6) is 0 Å². The Hall–Kier alpha value is -2.48. The number of aliphatic hydroxyl groups excluding tert-OH is 5. The Morgan fingerprint density at radius 2 is 1.42 bits per heavy atom. The van der Waals surface area contributed by atoms with Crippen LogP contribution in [0.4, 0.5) is 0 Å². The number of aliphatic hydroxyl groups is 5. The Balaban J connectivity index is 2.68. The largest absolute Gasteiger partial charge is 0.394 e. The summed E-state index contributed by atoms with van der Waals surface area (Å²) in [6, 6.07) is 0. The van der Waals surface area contributed by atoms with Crippen LogP contribution >= 0.6 is 0 Å². The normalized spacial score (nSPS) is 27.4. The first-order valence-corrected chi connectivity index (χ1v) is 7.54. The quantitative estimate of drug-likeness (QED) is 0.345. The molecule has 0 aromatic carbocycles. The molecule has 7 nitrogen and oxygen atoms in total. The fourth-order valence-corrected chi connectivity index (χ4v) is 1.83. The molecule has 1 aliphatic heterocycles. The van der Waals surface area contributed by atoms with Crippen molar-refractivity contribution in [2.75, 3.05) is 13.2 Å². The van der Waals surface area contributed by atoms with Crippen LogP contribution in [0.25, 0.3) is 0 Å². The van der Waals surface area contributed by atoms with Crippen molar-refractivity contribution in [1.29, 1.82) is 0 Å². The molecule has 1 fully saturated rings. The summed E-state index contributed by atoms with van der Waals surface area (Å²) >= 11 is 0. The predicted octanol–water partition coefficient (Wildman–Crippen LogP) is -2.80. The summed E-state index contributed by atoms with van der Waals surface area (Å²) in [6.45, 7) is 0.537. The highest BCUT2D eigenvalue weighted by Gasteiger charge is 2.44. The minimum absolute atomic E-state index is 0.531. The molecular formula is C19H18O7. The molecular weight excluding hydrogens is 340 g/mol. The number of ether oxygens (including phenoxy) is 2. The molecule has 136 valence electrons. The Bertz CT molecular complexity index is 761. The molecule has 1 rings (SSSR count). The topological polar surface area (TPSA) is 120 Å². The molecule has 1 aliphatic rings. The SMILES string of the molecule is CC#CC#CC#CC#CC#CC(CO)O[C@@H]1O[C@H](CO)[C@@H](O)[C@H](O)[C@H]1O. The number of hydrogen-bond acceptors (Lipinski definition) is 7. The first kappa shape index (κ1) is 21.6. The second-order valence-corrected chi connectivity index (χ2v) is 4.90. The maximum atomic E-state index is 9.86. The van der Waals surface area contributed by atoms with E-state index in [0.29, 0.717) is 0 Å². The van der Waals surface area contributed by atoms with Crippen molar-refractivity contribution in [3.8, 4) is 59.2 Å². The van der Waals surface area contributed by atoms with E-state index in [2.05, 4.69) is 59.2 Å². The van der Waals surface area contributed by atoms with Crippen molar-refractivity contribution < 1.29 is 35.0 Å². The highest BCUT2D eigenvalue weighted by atomic mass is 16.7. The molecule has 5 N–H and O–H groups in total. The maximum Gasteiger partial charge on any atom is 0.188 e. The standard InChI is InChI=1S/C19H18O7/c1-2-3-4-5-6-7-8-9-10-11-14(12-20)25-19-18(24)17(23)16(22)15(13-21)26-19/h14-24H,12-13H2,1H3/t14?,15-,16-,17+,18-,19-/m1/s1. The van der Waals surface area contributed by atoms with E-state index in [1.165, 1.54) is 0 Å². The third-order valence-corrected chi connectivity index (χ3v) is 3.11. The lowest BCUT2D eigenvalue weighted by molar-refractivity contribution is -0.308. The van der Waals surface area contributed by atoms with Gasteiger partial charge in [-0.3, -0.25) is 0 Å². The zero-order valence-electron chi connectivity index (χ0n) is 13.9. The smallest absolute Gasteiger partial charge is 0.188 e. The molecule has 0 amide bonds. The van der Waals surface area contributed by atoms with Crippen molar-refractivity contribution in [1.82, 2.24) is 0 Å². The lowest BCUT2D eigenvalue weighted by Crippen LogP contribution is -2.59. The summed E-state index contributed by atoms with van der Waals surface area (Å²) in [5, 5.41) is 47.6. The average molecular weight is 358 g/mol. The van der Waals surface area contributed by atoms with Gasteiger partial charge in [-0.25, -0.2) is 0 Å². The van der Waals surface area contributed by atoms with Crippen LogP contribution in [-0.2, 0) is 9.47 Å². The minimum atomic E-state index is -1.58.